The van der Waals surface area contributed by atoms with Gasteiger partial charge in [-0.1, -0.05) is 122 Å². The summed E-state index contributed by atoms with van der Waals surface area (Å²) in [6.45, 7) is 4.65. The molecule has 0 saturated carbocycles. The van der Waals surface area contributed by atoms with Crippen LogP contribution in [0.2, 0.25) is 0 Å². The topological polar surface area (TPSA) is 0 Å². The third-order valence-corrected chi connectivity index (χ3v) is 10.7. The van der Waals surface area contributed by atoms with E-state index < -0.39 is 8.07 Å². The molecule has 0 unspecified atom stereocenters. The zero-order valence-electron chi connectivity index (χ0n) is 16.1. The third kappa shape index (κ3) is 3.02. The molecule has 27 heavy (non-hydrogen) atoms. The SMILES string of the molecule is CC(C)C1=C([Si](c2ccccc2)(c2ccccc2)c2ccccc2)CC=C1. The largest absolute Gasteiger partial charge is 0.176 e. The maximum Gasteiger partial charge on any atom is 0.176 e. The van der Waals surface area contributed by atoms with Gasteiger partial charge in [0.25, 0.3) is 0 Å². The molecule has 4 rings (SSSR count). The summed E-state index contributed by atoms with van der Waals surface area (Å²) in [6, 6.07) is 33.6. The minimum Gasteiger partial charge on any atom is -0.0805 e. The lowest BCUT2D eigenvalue weighted by Crippen LogP contribution is -2.68. The fourth-order valence-corrected chi connectivity index (χ4v) is 9.87. The van der Waals surface area contributed by atoms with Gasteiger partial charge in [0.1, 0.15) is 0 Å². The Bertz CT molecular complexity index is 854. The van der Waals surface area contributed by atoms with Crippen molar-refractivity contribution < 1.29 is 0 Å². The standard InChI is InChI=1S/C26H26Si/c1-21(2)25-19-12-20-26(25)27(22-13-6-3-7-14-22,23-15-8-4-9-16-23)24-17-10-5-11-18-24/h3-19,21H,20H2,1-2H3. The van der Waals surface area contributed by atoms with Crippen molar-refractivity contribution in [3.05, 3.63) is 114 Å². The van der Waals surface area contributed by atoms with Crippen LogP contribution in [0.15, 0.2) is 114 Å². The van der Waals surface area contributed by atoms with Crippen LogP contribution in [0.25, 0.3) is 0 Å². The van der Waals surface area contributed by atoms with Crippen molar-refractivity contribution in [1.29, 1.82) is 0 Å². The first-order chi connectivity index (χ1) is 13.2. The molecule has 3 aromatic carbocycles. The van der Waals surface area contributed by atoms with Gasteiger partial charge in [0.15, 0.2) is 8.07 Å². The summed E-state index contributed by atoms with van der Waals surface area (Å²) in [5, 5.41) is 6.05. The van der Waals surface area contributed by atoms with E-state index in [0.29, 0.717) is 5.92 Å². The third-order valence-electron chi connectivity index (χ3n) is 5.66. The molecule has 0 spiro atoms. The predicted octanol–water partition coefficient (Wildman–Crippen LogP) is 4.61. The molecule has 0 radical (unpaired) electrons. The van der Waals surface area contributed by atoms with E-state index in [1.54, 1.807) is 5.20 Å². The molecule has 0 bridgehead atoms. The molecule has 3 aromatic rings. The van der Waals surface area contributed by atoms with Crippen LogP contribution in [-0.2, 0) is 0 Å². The molecule has 0 aromatic heterocycles. The lowest BCUT2D eigenvalue weighted by molar-refractivity contribution is 0.789. The number of rotatable bonds is 5. The highest BCUT2D eigenvalue weighted by Gasteiger charge is 2.44. The first kappa shape index (κ1) is 17.8. The molecule has 1 heteroatoms. The Kier molecular flexibility index (Phi) is 4.96. The van der Waals surface area contributed by atoms with E-state index in [4.69, 9.17) is 0 Å². The summed E-state index contributed by atoms with van der Waals surface area (Å²) in [7, 11) is -2.30. The quantitative estimate of drug-likeness (QED) is 0.457. The molecule has 0 aliphatic heterocycles. The van der Waals surface area contributed by atoms with Crippen molar-refractivity contribution in [1.82, 2.24) is 0 Å². The van der Waals surface area contributed by atoms with Gasteiger partial charge in [0, 0.05) is 0 Å². The van der Waals surface area contributed by atoms with Gasteiger partial charge in [-0.2, -0.15) is 0 Å². The van der Waals surface area contributed by atoms with Crippen molar-refractivity contribution in [3.63, 3.8) is 0 Å². The van der Waals surface area contributed by atoms with Crippen LogP contribution in [0, 0.1) is 5.92 Å². The monoisotopic (exact) mass is 366 g/mol. The van der Waals surface area contributed by atoms with Crippen molar-refractivity contribution in [2.24, 2.45) is 5.92 Å². The maximum atomic E-state index is 2.37. The Balaban J connectivity index is 2.13. The van der Waals surface area contributed by atoms with E-state index in [1.807, 2.05) is 0 Å². The zero-order chi connectivity index (χ0) is 18.7. The molecule has 1 aliphatic rings. The molecular formula is C26H26Si. The Morgan fingerprint density at radius 1 is 0.630 bits per heavy atom. The molecule has 0 heterocycles. The van der Waals surface area contributed by atoms with Gasteiger partial charge < -0.3 is 0 Å². The lowest BCUT2D eigenvalue weighted by atomic mass is 10.1. The second-order valence-corrected chi connectivity index (χ2v) is 11.4. The Morgan fingerprint density at radius 2 is 1.04 bits per heavy atom. The fraction of sp³-hybridized carbons (Fsp3) is 0.154. The molecular weight excluding hydrogens is 340 g/mol. The summed E-state index contributed by atoms with van der Waals surface area (Å²) in [6.07, 6.45) is 5.79. The van der Waals surface area contributed by atoms with Crippen LogP contribution in [-0.4, -0.2) is 8.07 Å². The van der Waals surface area contributed by atoms with Crippen LogP contribution >= 0.6 is 0 Å². The summed E-state index contributed by atoms with van der Waals surface area (Å²) < 4.78 is 0. The number of hydrogen-bond acceptors (Lipinski definition) is 0. The van der Waals surface area contributed by atoms with E-state index >= 15 is 0 Å². The Labute approximate surface area is 163 Å². The minimum atomic E-state index is -2.30. The smallest absolute Gasteiger partial charge is 0.0805 e. The second-order valence-electron chi connectivity index (χ2n) is 7.54. The molecule has 0 saturated heterocycles. The van der Waals surface area contributed by atoms with Crippen molar-refractivity contribution in [2.75, 3.05) is 0 Å². The predicted molar refractivity (Wildman–Crippen MR) is 120 cm³/mol. The summed E-state index contributed by atoms with van der Waals surface area (Å²) in [5.41, 5.74) is 1.53. The molecule has 1 aliphatic carbocycles. The Morgan fingerprint density at radius 3 is 1.41 bits per heavy atom. The van der Waals surface area contributed by atoms with Crippen LogP contribution in [0.3, 0.4) is 0 Å². The van der Waals surface area contributed by atoms with E-state index in [9.17, 15) is 0 Å². The van der Waals surface area contributed by atoms with Crippen LogP contribution in [0.1, 0.15) is 20.3 Å². The maximum absolute atomic E-state index is 2.37. The number of benzene rings is 3. The minimum absolute atomic E-state index is 0.529. The lowest BCUT2D eigenvalue weighted by Gasteiger charge is -2.37. The average Bonchev–Trinajstić information content (AvgIpc) is 3.22. The van der Waals surface area contributed by atoms with Crippen molar-refractivity contribution >= 4 is 23.6 Å². The summed E-state index contributed by atoms with van der Waals surface area (Å²) >= 11 is 0. The summed E-state index contributed by atoms with van der Waals surface area (Å²) in [4.78, 5) is 0. The van der Waals surface area contributed by atoms with Gasteiger partial charge in [0.05, 0.1) is 0 Å². The zero-order valence-corrected chi connectivity index (χ0v) is 17.1. The van der Waals surface area contributed by atoms with Gasteiger partial charge in [0.2, 0.25) is 0 Å². The van der Waals surface area contributed by atoms with E-state index in [-0.39, 0.29) is 0 Å². The summed E-state index contributed by atoms with van der Waals surface area (Å²) in [5.74, 6) is 0.529. The molecule has 0 fully saturated rings. The normalized spacial score (nSPS) is 14.2. The number of hydrogen-bond donors (Lipinski definition) is 0. The second kappa shape index (κ2) is 7.54. The van der Waals surface area contributed by atoms with Crippen LogP contribution < -0.4 is 15.6 Å². The van der Waals surface area contributed by atoms with E-state index in [0.717, 1.165) is 6.42 Å². The first-order valence-corrected chi connectivity index (χ1v) is 11.8. The van der Waals surface area contributed by atoms with Crippen LogP contribution in [0.4, 0.5) is 0 Å². The molecule has 134 valence electrons. The Hall–Kier alpha value is -2.64. The molecule has 0 atom stereocenters. The highest BCUT2D eigenvalue weighted by molar-refractivity contribution is 7.16. The van der Waals surface area contributed by atoms with Gasteiger partial charge in [-0.05, 0) is 33.5 Å². The van der Waals surface area contributed by atoms with E-state index in [1.165, 1.54) is 21.1 Å². The fourth-order valence-electron chi connectivity index (χ4n) is 4.52. The van der Waals surface area contributed by atoms with Crippen molar-refractivity contribution in [3.8, 4) is 0 Å². The van der Waals surface area contributed by atoms with Crippen molar-refractivity contribution in [2.45, 2.75) is 20.3 Å². The number of allylic oxidation sites excluding steroid dienone is 4. The van der Waals surface area contributed by atoms with Crippen LogP contribution in [0.5, 0.6) is 0 Å². The average molecular weight is 367 g/mol. The van der Waals surface area contributed by atoms with Gasteiger partial charge >= 0.3 is 0 Å². The van der Waals surface area contributed by atoms with Gasteiger partial charge in [-0.25, -0.2) is 0 Å². The highest BCUT2D eigenvalue weighted by atomic mass is 28.3. The molecule has 0 N–H and O–H groups in total. The molecule has 0 nitrogen and oxygen atoms in total. The first-order valence-electron chi connectivity index (χ1n) is 9.81. The molecule has 0 amide bonds. The van der Waals surface area contributed by atoms with E-state index in [2.05, 4.69) is 117 Å². The van der Waals surface area contributed by atoms with Gasteiger partial charge in [-0.15, -0.1) is 0 Å². The highest BCUT2D eigenvalue weighted by Crippen LogP contribution is 2.32. The van der Waals surface area contributed by atoms with Gasteiger partial charge in [-0.3, -0.25) is 0 Å².